The van der Waals surface area contributed by atoms with Gasteiger partial charge in [-0.25, -0.2) is 0 Å². The number of hydrogen-bond donors (Lipinski definition) is 0. The number of ether oxygens (including phenoxy) is 1. The lowest BCUT2D eigenvalue weighted by molar-refractivity contribution is -0.174. The molecule has 4 heteroatoms. The molecule has 0 bridgehead atoms. The molecule has 2 aliphatic carbocycles. The van der Waals surface area contributed by atoms with Gasteiger partial charge in [0.15, 0.2) is 0 Å². The summed E-state index contributed by atoms with van der Waals surface area (Å²) in [5, 5.41) is 0. The number of fused-ring (bicyclic) bond motifs is 3. The van der Waals surface area contributed by atoms with Crippen molar-refractivity contribution in [3.05, 3.63) is 30.2 Å². The summed E-state index contributed by atoms with van der Waals surface area (Å²) in [6, 6.07) is 1.85. The van der Waals surface area contributed by atoms with Crippen LogP contribution in [-0.2, 0) is 14.3 Å². The highest BCUT2D eigenvalue weighted by molar-refractivity contribution is 5.84. The maximum Gasteiger partial charge on any atom is 0.309 e. The van der Waals surface area contributed by atoms with E-state index < -0.39 is 0 Å². The first-order chi connectivity index (χ1) is 11.2. The van der Waals surface area contributed by atoms with E-state index in [2.05, 4.69) is 6.58 Å². The Bertz CT molecular complexity index is 644. The fraction of sp³-hybridized carbons (Fsp3) is 0.579. The maximum absolute atomic E-state index is 12.5. The van der Waals surface area contributed by atoms with Crippen LogP contribution in [0.2, 0.25) is 0 Å². The highest BCUT2D eigenvalue weighted by atomic mass is 16.5. The highest BCUT2D eigenvalue weighted by Crippen LogP contribution is 2.51. The topological polar surface area (TPSA) is 56.5 Å². The molecule has 5 atom stereocenters. The van der Waals surface area contributed by atoms with E-state index in [4.69, 9.17) is 9.15 Å². The first kappa shape index (κ1) is 14.7. The number of Topliss-reactive ketones (excluding diaryl/α,β-unsaturated/α-hetero) is 1. The van der Waals surface area contributed by atoms with Crippen LogP contribution >= 0.6 is 0 Å². The first-order valence-corrected chi connectivity index (χ1v) is 8.62. The van der Waals surface area contributed by atoms with E-state index in [9.17, 15) is 9.59 Å². The van der Waals surface area contributed by atoms with Crippen molar-refractivity contribution in [1.82, 2.24) is 0 Å². The SMILES string of the molecule is C=Cc1occc1[C@@H]1CC2[C@H]3C(=O)CCCC3CC[C@H]2C(=O)O1. The third-order valence-corrected chi connectivity index (χ3v) is 6.01. The Morgan fingerprint density at radius 1 is 1.22 bits per heavy atom. The van der Waals surface area contributed by atoms with E-state index >= 15 is 0 Å². The summed E-state index contributed by atoms with van der Waals surface area (Å²) in [5.74, 6) is 1.42. The number of hydrogen-bond acceptors (Lipinski definition) is 4. The quantitative estimate of drug-likeness (QED) is 0.776. The van der Waals surface area contributed by atoms with Crippen molar-refractivity contribution in [1.29, 1.82) is 0 Å². The number of cyclic esters (lactones) is 1. The number of esters is 1. The average molecular weight is 314 g/mol. The van der Waals surface area contributed by atoms with Gasteiger partial charge in [-0.3, -0.25) is 9.59 Å². The van der Waals surface area contributed by atoms with E-state index in [1.54, 1.807) is 12.3 Å². The zero-order chi connectivity index (χ0) is 16.0. The number of furan rings is 1. The minimum Gasteiger partial charge on any atom is -0.465 e. The van der Waals surface area contributed by atoms with Gasteiger partial charge < -0.3 is 9.15 Å². The van der Waals surface area contributed by atoms with E-state index in [1.165, 1.54) is 0 Å². The molecule has 1 saturated heterocycles. The Hall–Kier alpha value is -1.84. The lowest BCUT2D eigenvalue weighted by Crippen LogP contribution is -2.48. The Morgan fingerprint density at radius 2 is 2.09 bits per heavy atom. The normalized spacial score (nSPS) is 36.8. The second-order valence-electron chi connectivity index (χ2n) is 7.10. The lowest BCUT2D eigenvalue weighted by atomic mass is 9.59. The zero-order valence-corrected chi connectivity index (χ0v) is 13.2. The monoisotopic (exact) mass is 314 g/mol. The Labute approximate surface area is 135 Å². The van der Waals surface area contributed by atoms with Crippen molar-refractivity contribution in [2.75, 3.05) is 0 Å². The highest BCUT2D eigenvalue weighted by Gasteiger charge is 2.51. The summed E-state index contributed by atoms with van der Waals surface area (Å²) >= 11 is 0. The van der Waals surface area contributed by atoms with Crippen molar-refractivity contribution in [3.8, 4) is 0 Å². The van der Waals surface area contributed by atoms with Gasteiger partial charge in [-0.1, -0.05) is 6.58 Å². The Kier molecular flexibility index (Phi) is 3.63. The molecule has 0 spiro atoms. The summed E-state index contributed by atoms with van der Waals surface area (Å²) < 4.78 is 11.1. The van der Waals surface area contributed by atoms with Crippen LogP contribution in [0.25, 0.3) is 6.08 Å². The summed E-state index contributed by atoms with van der Waals surface area (Å²) in [7, 11) is 0. The summed E-state index contributed by atoms with van der Waals surface area (Å²) in [6.45, 7) is 3.75. The number of carbonyl (C=O) groups excluding carboxylic acids is 2. The lowest BCUT2D eigenvalue weighted by Gasteiger charge is -2.47. The van der Waals surface area contributed by atoms with Crippen LogP contribution in [0.15, 0.2) is 23.3 Å². The predicted octanol–water partition coefficient (Wildman–Crippen LogP) is 3.92. The molecule has 1 aromatic rings. The molecular weight excluding hydrogens is 292 g/mol. The van der Waals surface area contributed by atoms with Gasteiger partial charge in [0.2, 0.25) is 0 Å². The van der Waals surface area contributed by atoms with E-state index in [-0.39, 0.29) is 29.8 Å². The molecule has 0 amide bonds. The molecule has 0 aromatic carbocycles. The molecule has 2 heterocycles. The molecule has 2 saturated carbocycles. The molecule has 122 valence electrons. The molecule has 0 radical (unpaired) electrons. The van der Waals surface area contributed by atoms with Crippen LogP contribution in [0.3, 0.4) is 0 Å². The third-order valence-electron chi connectivity index (χ3n) is 6.01. The summed E-state index contributed by atoms with van der Waals surface area (Å²) in [4.78, 5) is 25.0. The van der Waals surface area contributed by atoms with Crippen molar-refractivity contribution >= 4 is 17.8 Å². The zero-order valence-electron chi connectivity index (χ0n) is 13.2. The van der Waals surface area contributed by atoms with E-state index in [0.717, 1.165) is 37.7 Å². The standard InChI is InChI=1S/C19H22O4/c1-2-16-13(8-9-22-16)17-10-14-12(19(21)23-17)7-6-11-4-3-5-15(20)18(11)14/h2,8-9,11-12,14,17-18H,1,3-7,10H2/t11?,12-,14?,17+,18+/m1/s1. The van der Waals surface area contributed by atoms with Crippen LogP contribution in [0.4, 0.5) is 0 Å². The van der Waals surface area contributed by atoms with Gasteiger partial charge in [-0.2, -0.15) is 0 Å². The first-order valence-electron chi connectivity index (χ1n) is 8.62. The Morgan fingerprint density at radius 3 is 2.91 bits per heavy atom. The molecule has 23 heavy (non-hydrogen) atoms. The van der Waals surface area contributed by atoms with Crippen LogP contribution in [0, 0.1) is 23.7 Å². The van der Waals surface area contributed by atoms with Crippen LogP contribution in [0.1, 0.15) is 56.0 Å². The molecular formula is C19H22O4. The molecule has 1 aromatic heterocycles. The van der Waals surface area contributed by atoms with Crippen LogP contribution in [0.5, 0.6) is 0 Å². The van der Waals surface area contributed by atoms with Gasteiger partial charge in [0, 0.05) is 17.9 Å². The van der Waals surface area contributed by atoms with Crippen molar-refractivity contribution < 1.29 is 18.7 Å². The minimum atomic E-state index is -0.316. The molecule has 4 rings (SSSR count). The molecule has 3 fully saturated rings. The van der Waals surface area contributed by atoms with Gasteiger partial charge >= 0.3 is 5.97 Å². The van der Waals surface area contributed by atoms with Crippen LogP contribution < -0.4 is 0 Å². The van der Waals surface area contributed by atoms with E-state index in [0.29, 0.717) is 23.9 Å². The van der Waals surface area contributed by atoms with Gasteiger partial charge in [0.1, 0.15) is 17.6 Å². The second kappa shape index (κ2) is 5.66. The molecule has 0 N–H and O–H groups in total. The average Bonchev–Trinajstić information content (AvgIpc) is 3.03. The van der Waals surface area contributed by atoms with Crippen molar-refractivity contribution in [2.24, 2.45) is 23.7 Å². The minimum absolute atomic E-state index is 0.0527. The van der Waals surface area contributed by atoms with Gasteiger partial charge in [0.05, 0.1) is 12.2 Å². The van der Waals surface area contributed by atoms with Gasteiger partial charge in [0.25, 0.3) is 0 Å². The molecule has 2 unspecified atom stereocenters. The second-order valence-corrected chi connectivity index (χ2v) is 7.10. The van der Waals surface area contributed by atoms with E-state index in [1.807, 2.05) is 6.07 Å². The Balaban J connectivity index is 1.64. The van der Waals surface area contributed by atoms with Crippen molar-refractivity contribution in [2.45, 2.75) is 44.6 Å². The van der Waals surface area contributed by atoms with Crippen LogP contribution in [-0.4, -0.2) is 11.8 Å². The fourth-order valence-corrected chi connectivity index (χ4v) is 5.00. The molecule has 4 nitrogen and oxygen atoms in total. The molecule has 1 aliphatic heterocycles. The number of carbonyl (C=O) groups is 2. The number of rotatable bonds is 2. The van der Waals surface area contributed by atoms with Gasteiger partial charge in [-0.15, -0.1) is 0 Å². The predicted molar refractivity (Wildman–Crippen MR) is 84.3 cm³/mol. The summed E-state index contributed by atoms with van der Waals surface area (Å²) in [6.07, 6.45) is 8.31. The maximum atomic E-state index is 12.5. The third kappa shape index (κ3) is 2.35. The smallest absolute Gasteiger partial charge is 0.309 e. The molecule has 3 aliphatic rings. The fourth-order valence-electron chi connectivity index (χ4n) is 5.00. The summed E-state index contributed by atoms with van der Waals surface area (Å²) in [5.41, 5.74) is 0.872. The van der Waals surface area contributed by atoms with Crippen molar-refractivity contribution in [3.63, 3.8) is 0 Å². The van der Waals surface area contributed by atoms with Gasteiger partial charge in [-0.05, 0) is 56.1 Å². The largest absolute Gasteiger partial charge is 0.465 e. The number of ketones is 1.